The van der Waals surface area contributed by atoms with Crippen molar-refractivity contribution in [3.63, 3.8) is 0 Å². The van der Waals surface area contributed by atoms with Crippen LogP contribution >= 0.6 is 0 Å². The van der Waals surface area contributed by atoms with Crippen molar-refractivity contribution in [1.82, 2.24) is 5.32 Å². The van der Waals surface area contributed by atoms with Gasteiger partial charge in [-0.2, -0.15) is 0 Å². The molecule has 5 rings (SSSR count). The van der Waals surface area contributed by atoms with Gasteiger partial charge in [-0.25, -0.2) is 0 Å². The van der Waals surface area contributed by atoms with Crippen molar-refractivity contribution in [2.45, 2.75) is 91.0 Å². The summed E-state index contributed by atoms with van der Waals surface area (Å²) < 4.78 is 0. The number of carbonyl (C=O) groups is 1. The lowest BCUT2D eigenvalue weighted by Crippen LogP contribution is -2.61. The molecule has 5 fully saturated rings. The van der Waals surface area contributed by atoms with Crippen molar-refractivity contribution in [3.8, 4) is 0 Å². The Bertz CT molecular complexity index is 466. The van der Waals surface area contributed by atoms with Gasteiger partial charge in [-0.3, -0.25) is 4.79 Å². The average molecular weight is 303 g/mol. The Morgan fingerprint density at radius 3 is 2.18 bits per heavy atom. The fourth-order valence-corrected chi connectivity index (χ4v) is 7.55. The normalized spacial score (nSPS) is 53.5. The molecule has 0 aromatic carbocycles. The molecule has 0 spiro atoms. The average Bonchev–Trinajstić information content (AvgIpc) is 2.37. The van der Waals surface area contributed by atoms with E-state index in [2.05, 4.69) is 26.1 Å². The highest BCUT2D eigenvalue weighted by Gasteiger charge is 2.62. The van der Waals surface area contributed by atoms with E-state index in [9.17, 15) is 4.79 Å². The molecule has 5 aliphatic rings. The van der Waals surface area contributed by atoms with Gasteiger partial charge in [0.2, 0.25) is 5.91 Å². The zero-order valence-corrected chi connectivity index (χ0v) is 14.7. The fourth-order valence-electron chi connectivity index (χ4n) is 7.55. The summed E-state index contributed by atoms with van der Waals surface area (Å²) in [5, 5.41) is 3.52. The molecule has 0 aromatic heterocycles. The van der Waals surface area contributed by atoms with E-state index in [0.717, 1.165) is 18.8 Å². The first kappa shape index (κ1) is 15.0. The number of nitrogens with one attached hydrogen (secondary N) is 1. The number of hydrogen-bond donors (Lipinski definition) is 1. The molecule has 1 N–H and O–H groups in total. The van der Waals surface area contributed by atoms with Gasteiger partial charge in [0, 0.05) is 6.04 Å². The van der Waals surface area contributed by atoms with Crippen molar-refractivity contribution in [2.24, 2.45) is 28.1 Å². The van der Waals surface area contributed by atoms with Crippen LogP contribution in [0.2, 0.25) is 0 Å². The molecule has 5 aliphatic carbocycles. The number of rotatable bonds is 2. The Morgan fingerprint density at radius 2 is 1.59 bits per heavy atom. The van der Waals surface area contributed by atoms with Gasteiger partial charge in [-0.15, -0.1) is 0 Å². The molecule has 0 heterocycles. The molecule has 2 unspecified atom stereocenters. The first-order chi connectivity index (χ1) is 10.3. The van der Waals surface area contributed by atoms with E-state index in [-0.39, 0.29) is 5.41 Å². The zero-order chi connectivity index (χ0) is 15.6. The molecule has 4 bridgehead atoms. The number of carbonyl (C=O) groups excluding carboxylic acids is 1. The van der Waals surface area contributed by atoms with E-state index in [4.69, 9.17) is 0 Å². The summed E-state index contributed by atoms with van der Waals surface area (Å²) in [6.45, 7) is 7.24. The van der Waals surface area contributed by atoms with Gasteiger partial charge in [0.15, 0.2) is 0 Å². The van der Waals surface area contributed by atoms with E-state index < -0.39 is 0 Å². The third kappa shape index (κ3) is 2.32. The quantitative estimate of drug-likeness (QED) is 0.788. The number of hydrogen-bond acceptors (Lipinski definition) is 1. The standard InChI is InChI=1S/C20H33NO/c1-14-6-4-5-7-16(14)21-17(22)20-10-15-8-18(2,12-20)11-19(3,9-15)13-20/h14-16H,4-13H2,1-3H3,(H,21,22)/t14-,15?,16+,18-,19+,20?/m1/s1. The van der Waals surface area contributed by atoms with Crippen LogP contribution in [0.5, 0.6) is 0 Å². The molecule has 22 heavy (non-hydrogen) atoms. The molecule has 2 nitrogen and oxygen atoms in total. The van der Waals surface area contributed by atoms with Crippen LogP contribution in [0.25, 0.3) is 0 Å². The molecule has 0 aliphatic heterocycles. The van der Waals surface area contributed by atoms with Crippen molar-refractivity contribution in [3.05, 3.63) is 0 Å². The maximum absolute atomic E-state index is 13.3. The molecule has 0 radical (unpaired) electrons. The molecule has 124 valence electrons. The highest BCUT2D eigenvalue weighted by atomic mass is 16.2. The Balaban J connectivity index is 1.55. The molecule has 5 saturated carbocycles. The third-order valence-corrected chi connectivity index (χ3v) is 7.54. The second kappa shape index (κ2) is 4.74. The van der Waals surface area contributed by atoms with E-state index in [1.54, 1.807) is 0 Å². The first-order valence-corrected chi connectivity index (χ1v) is 9.63. The SMILES string of the molecule is C[C@@H]1CCCC[C@@H]1NC(=O)C12CC3C[C@@](C)(C1)C[C@](C)(C3)C2. The predicted octanol–water partition coefficient (Wildman–Crippen LogP) is 4.68. The van der Waals surface area contributed by atoms with Crippen LogP contribution in [-0.2, 0) is 4.79 Å². The minimum atomic E-state index is -0.0277. The van der Waals surface area contributed by atoms with Crippen LogP contribution in [0.1, 0.15) is 85.0 Å². The van der Waals surface area contributed by atoms with Gasteiger partial charge in [0.25, 0.3) is 0 Å². The summed E-state index contributed by atoms with van der Waals surface area (Å²) in [4.78, 5) is 13.3. The summed E-state index contributed by atoms with van der Waals surface area (Å²) in [6, 6.07) is 0.440. The summed E-state index contributed by atoms with van der Waals surface area (Å²) in [6.07, 6.45) is 12.7. The van der Waals surface area contributed by atoms with Crippen molar-refractivity contribution < 1.29 is 4.79 Å². The zero-order valence-electron chi connectivity index (χ0n) is 14.7. The molecular formula is C20H33NO. The van der Waals surface area contributed by atoms with Crippen LogP contribution < -0.4 is 5.32 Å². The maximum atomic E-state index is 13.3. The Kier molecular flexibility index (Phi) is 3.24. The third-order valence-electron chi connectivity index (χ3n) is 7.54. The minimum absolute atomic E-state index is 0.0277. The lowest BCUT2D eigenvalue weighted by atomic mass is 9.40. The van der Waals surface area contributed by atoms with Gasteiger partial charge < -0.3 is 5.32 Å². The highest BCUT2D eigenvalue weighted by Crippen LogP contribution is 2.69. The van der Waals surface area contributed by atoms with Crippen LogP contribution in [0.3, 0.4) is 0 Å². The van der Waals surface area contributed by atoms with Crippen molar-refractivity contribution in [1.29, 1.82) is 0 Å². The van der Waals surface area contributed by atoms with E-state index in [1.807, 2.05) is 0 Å². The Hall–Kier alpha value is -0.530. The van der Waals surface area contributed by atoms with Gasteiger partial charge in [0.1, 0.15) is 0 Å². The van der Waals surface area contributed by atoms with Gasteiger partial charge in [0.05, 0.1) is 5.41 Å². The summed E-state index contributed by atoms with van der Waals surface area (Å²) in [5.41, 5.74) is 0.841. The maximum Gasteiger partial charge on any atom is 0.226 e. The van der Waals surface area contributed by atoms with Gasteiger partial charge in [-0.1, -0.05) is 33.6 Å². The molecule has 1 amide bonds. The van der Waals surface area contributed by atoms with Crippen LogP contribution in [0.15, 0.2) is 0 Å². The van der Waals surface area contributed by atoms with Crippen molar-refractivity contribution in [2.75, 3.05) is 0 Å². The lowest BCUT2D eigenvalue weighted by molar-refractivity contribution is -0.171. The second-order valence-electron chi connectivity index (χ2n) is 10.3. The summed E-state index contributed by atoms with van der Waals surface area (Å²) in [7, 11) is 0. The highest BCUT2D eigenvalue weighted by molar-refractivity contribution is 5.83. The van der Waals surface area contributed by atoms with Crippen LogP contribution in [0, 0.1) is 28.1 Å². The number of amides is 1. The first-order valence-electron chi connectivity index (χ1n) is 9.63. The van der Waals surface area contributed by atoms with Gasteiger partial charge in [-0.05, 0) is 74.0 Å². The largest absolute Gasteiger partial charge is 0.353 e. The lowest BCUT2D eigenvalue weighted by Gasteiger charge is -2.64. The molecule has 0 aromatic rings. The monoisotopic (exact) mass is 303 g/mol. The topological polar surface area (TPSA) is 29.1 Å². The second-order valence-corrected chi connectivity index (χ2v) is 10.3. The van der Waals surface area contributed by atoms with E-state index >= 15 is 0 Å². The van der Waals surface area contributed by atoms with Crippen molar-refractivity contribution >= 4 is 5.91 Å². The summed E-state index contributed by atoms with van der Waals surface area (Å²) >= 11 is 0. The predicted molar refractivity (Wildman–Crippen MR) is 89.4 cm³/mol. The minimum Gasteiger partial charge on any atom is -0.353 e. The molecule has 0 saturated heterocycles. The van der Waals surface area contributed by atoms with Crippen LogP contribution in [-0.4, -0.2) is 11.9 Å². The molecule has 2 heteroatoms. The van der Waals surface area contributed by atoms with Gasteiger partial charge >= 0.3 is 0 Å². The smallest absolute Gasteiger partial charge is 0.226 e. The molecule has 6 atom stereocenters. The van der Waals surface area contributed by atoms with E-state index in [1.165, 1.54) is 51.4 Å². The summed E-state index contributed by atoms with van der Waals surface area (Å²) in [5.74, 6) is 1.89. The Morgan fingerprint density at radius 1 is 0.955 bits per heavy atom. The Labute approximate surface area is 135 Å². The molecular weight excluding hydrogens is 270 g/mol. The van der Waals surface area contributed by atoms with E-state index in [0.29, 0.717) is 28.7 Å². The van der Waals surface area contributed by atoms with Crippen LogP contribution in [0.4, 0.5) is 0 Å². The fraction of sp³-hybridized carbons (Fsp3) is 0.950.